The quantitative estimate of drug-likeness (QED) is 0.581. The minimum atomic E-state index is -0.479. The maximum atomic E-state index is 13.5. The molecule has 1 aromatic rings. The fourth-order valence-electron chi connectivity index (χ4n) is 1.83. The van der Waals surface area contributed by atoms with E-state index in [1.54, 1.807) is 25.1 Å². The van der Waals surface area contributed by atoms with Gasteiger partial charge in [-0.15, -0.1) is 0 Å². The summed E-state index contributed by atoms with van der Waals surface area (Å²) in [6, 6.07) is 3.32. The molecule has 0 atom stereocenters. The van der Waals surface area contributed by atoms with Crippen molar-refractivity contribution in [2.24, 2.45) is 4.99 Å². The average Bonchev–Trinajstić information content (AvgIpc) is 3.03. The highest BCUT2D eigenvalue weighted by Crippen LogP contribution is 2.50. The molecule has 16 heavy (non-hydrogen) atoms. The molecule has 1 fully saturated rings. The third-order valence-corrected chi connectivity index (χ3v) is 2.96. The molecule has 0 N–H and O–H groups in total. The number of nitrogens with zero attached hydrogens (tertiary/aromatic N) is 1. The Morgan fingerprint density at radius 1 is 1.50 bits per heavy atom. The summed E-state index contributed by atoms with van der Waals surface area (Å²) in [6.45, 7) is 1.67. The standard InChI is InChI=1S/C12H12FNO2/c1-8-5-9(6-10(16-2)11(8)13)12(3-4-12)14-7-15/h5-6H,3-4H2,1-2H3. The number of hydrogen-bond acceptors (Lipinski definition) is 3. The van der Waals surface area contributed by atoms with Crippen LogP contribution in [0.1, 0.15) is 24.0 Å². The van der Waals surface area contributed by atoms with E-state index in [9.17, 15) is 9.18 Å². The molecule has 0 aliphatic heterocycles. The van der Waals surface area contributed by atoms with Crippen molar-refractivity contribution in [3.05, 3.63) is 29.1 Å². The first-order valence-corrected chi connectivity index (χ1v) is 5.06. The maximum absolute atomic E-state index is 13.5. The Bertz CT molecular complexity index is 474. The normalized spacial score (nSPS) is 16.4. The third kappa shape index (κ3) is 1.61. The van der Waals surface area contributed by atoms with Crippen LogP contribution >= 0.6 is 0 Å². The fraction of sp³-hybridized carbons (Fsp3) is 0.417. The summed E-state index contributed by atoms with van der Waals surface area (Å²) in [7, 11) is 1.42. The van der Waals surface area contributed by atoms with E-state index in [1.807, 2.05) is 0 Å². The summed E-state index contributed by atoms with van der Waals surface area (Å²) < 4.78 is 18.5. The Hall–Kier alpha value is -1.67. The molecule has 3 nitrogen and oxygen atoms in total. The summed E-state index contributed by atoms with van der Waals surface area (Å²) in [5.74, 6) is -0.167. The third-order valence-electron chi connectivity index (χ3n) is 2.96. The van der Waals surface area contributed by atoms with Crippen LogP contribution in [-0.4, -0.2) is 13.2 Å². The lowest BCUT2D eigenvalue weighted by Crippen LogP contribution is -2.04. The molecule has 84 valence electrons. The van der Waals surface area contributed by atoms with E-state index in [1.165, 1.54) is 7.11 Å². The Labute approximate surface area is 93.0 Å². The number of methoxy groups -OCH3 is 1. The number of halogens is 1. The monoisotopic (exact) mass is 221 g/mol. The van der Waals surface area contributed by atoms with Gasteiger partial charge in [-0.2, -0.15) is 4.99 Å². The van der Waals surface area contributed by atoms with Gasteiger partial charge in [-0.1, -0.05) is 6.07 Å². The lowest BCUT2D eigenvalue weighted by Gasteiger charge is -2.12. The molecular formula is C12H12FNO2. The van der Waals surface area contributed by atoms with Crippen LogP contribution in [0, 0.1) is 12.7 Å². The lowest BCUT2D eigenvalue weighted by atomic mass is 10.0. The summed E-state index contributed by atoms with van der Waals surface area (Å²) >= 11 is 0. The molecule has 0 spiro atoms. The Balaban J connectivity index is 2.51. The van der Waals surface area contributed by atoms with Gasteiger partial charge >= 0.3 is 0 Å². The molecule has 0 unspecified atom stereocenters. The predicted octanol–water partition coefficient (Wildman–Crippen LogP) is 2.47. The van der Waals surface area contributed by atoms with Gasteiger partial charge in [0.2, 0.25) is 6.08 Å². The summed E-state index contributed by atoms with van der Waals surface area (Å²) in [5.41, 5.74) is 0.848. The minimum absolute atomic E-state index is 0.197. The highest BCUT2D eigenvalue weighted by Gasteiger charge is 2.45. The smallest absolute Gasteiger partial charge is 0.235 e. The molecule has 0 saturated heterocycles. The lowest BCUT2D eigenvalue weighted by molar-refractivity contribution is 0.384. The first kappa shape index (κ1) is 10.8. The van der Waals surface area contributed by atoms with E-state index in [4.69, 9.17) is 4.74 Å². The van der Waals surface area contributed by atoms with E-state index in [0.29, 0.717) is 5.56 Å². The zero-order chi connectivity index (χ0) is 11.8. The van der Waals surface area contributed by atoms with Crippen molar-refractivity contribution in [3.63, 3.8) is 0 Å². The topological polar surface area (TPSA) is 38.7 Å². The maximum Gasteiger partial charge on any atom is 0.235 e. The van der Waals surface area contributed by atoms with Crippen LogP contribution in [0.2, 0.25) is 0 Å². The Morgan fingerprint density at radius 2 is 2.19 bits per heavy atom. The molecule has 0 aromatic heterocycles. The molecule has 1 aromatic carbocycles. The van der Waals surface area contributed by atoms with Crippen LogP contribution in [0.4, 0.5) is 4.39 Å². The molecule has 4 heteroatoms. The van der Waals surface area contributed by atoms with Crippen molar-refractivity contribution in [1.29, 1.82) is 0 Å². The number of rotatable bonds is 3. The molecule has 1 aliphatic carbocycles. The van der Waals surface area contributed by atoms with Crippen molar-refractivity contribution in [2.45, 2.75) is 25.3 Å². The molecular weight excluding hydrogens is 209 g/mol. The van der Waals surface area contributed by atoms with Crippen molar-refractivity contribution in [2.75, 3.05) is 7.11 Å². The van der Waals surface area contributed by atoms with Gasteiger partial charge in [0.25, 0.3) is 0 Å². The number of ether oxygens (including phenoxy) is 1. The molecule has 0 amide bonds. The number of hydrogen-bond donors (Lipinski definition) is 0. The minimum Gasteiger partial charge on any atom is -0.494 e. The van der Waals surface area contributed by atoms with Crippen LogP contribution in [0.15, 0.2) is 17.1 Å². The second-order valence-electron chi connectivity index (χ2n) is 4.04. The van der Waals surface area contributed by atoms with Crippen molar-refractivity contribution >= 4 is 6.08 Å². The van der Waals surface area contributed by atoms with E-state index in [0.717, 1.165) is 18.4 Å². The number of carbonyl (C=O) groups excluding carboxylic acids is 1. The second-order valence-corrected chi connectivity index (χ2v) is 4.04. The number of aliphatic imine (C=N–C) groups is 1. The molecule has 2 rings (SSSR count). The van der Waals surface area contributed by atoms with Crippen molar-refractivity contribution in [3.8, 4) is 5.75 Å². The average molecular weight is 221 g/mol. The van der Waals surface area contributed by atoms with Gasteiger partial charge in [-0.25, -0.2) is 9.18 Å². The molecule has 1 saturated carbocycles. The molecule has 1 aliphatic rings. The number of benzene rings is 1. The van der Waals surface area contributed by atoms with Gasteiger partial charge in [0.15, 0.2) is 11.6 Å². The Morgan fingerprint density at radius 3 is 2.69 bits per heavy atom. The summed E-state index contributed by atoms with van der Waals surface area (Å²) in [5, 5.41) is 0. The van der Waals surface area contributed by atoms with Gasteiger partial charge in [0.1, 0.15) is 0 Å². The molecule has 0 bridgehead atoms. The fourth-order valence-corrected chi connectivity index (χ4v) is 1.83. The van der Waals surface area contributed by atoms with E-state index >= 15 is 0 Å². The largest absolute Gasteiger partial charge is 0.494 e. The van der Waals surface area contributed by atoms with Crippen LogP contribution in [0.5, 0.6) is 5.75 Å². The van der Waals surface area contributed by atoms with Gasteiger partial charge in [0, 0.05) is 0 Å². The summed E-state index contributed by atoms with van der Waals surface area (Å²) in [4.78, 5) is 14.1. The van der Waals surface area contributed by atoms with Gasteiger partial charge in [-0.05, 0) is 37.0 Å². The zero-order valence-electron chi connectivity index (χ0n) is 9.21. The van der Waals surface area contributed by atoms with Gasteiger partial charge in [-0.3, -0.25) is 0 Å². The van der Waals surface area contributed by atoms with E-state index in [2.05, 4.69) is 4.99 Å². The van der Waals surface area contributed by atoms with E-state index < -0.39 is 5.54 Å². The SMILES string of the molecule is COc1cc(C2(N=C=O)CC2)cc(C)c1F. The first-order valence-electron chi connectivity index (χ1n) is 5.06. The number of isocyanates is 1. The predicted molar refractivity (Wildman–Crippen MR) is 56.7 cm³/mol. The van der Waals surface area contributed by atoms with Crippen LogP contribution in [-0.2, 0) is 10.3 Å². The first-order chi connectivity index (χ1) is 7.63. The Kier molecular flexibility index (Phi) is 2.52. The van der Waals surface area contributed by atoms with Crippen LogP contribution < -0.4 is 4.74 Å². The second kappa shape index (κ2) is 3.72. The highest BCUT2D eigenvalue weighted by atomic mass is 19.1. The zero-order valence-corrected chi connectivity index (χ0v) is 9.21. The van der Waals surface area contributed by atoms with E-state index in [-0.39, 0.29) is 11.6 Å². The number of aryl methyl sites for hydroxylation is 1. The molecule has 0 radical (unpaired) electrons. The van der Waals surface area contributed by atoms with Gasteiger partial charge < -0.3 is 4.74 Å². The van der Waals surface area contributed by atoms with Crippen LogP contribution in [0.3, 0.4) is 0 Å². The molecule has 0 heterocycles. The van der Waals surface area contributed by atoms with Crippen LogP contribution in [0.25, 0.3) is 0 Å². The highest BCUT2D eigenvalue weighted by molar-refractivity contribution is 5.45. The van der Waals surface area contributed by atoms with Gasteiger partial charge in [0.05, 0.1) is 12.6 Å². The summed E-state index contributed by atoms with van der Waals surface area (Å²) in [6.07, 6.45) is 3.19. The van der Waals surface area contributed by atoms with Crippen molar-refractivity contribution < 1.29 is 13.9 Å². The van der Waals surface area contributed by atoms with Crippen molar-refractivity contribution in [1.82, 2.24) is 0 Å².